The van der Waals surface area contributed by atoms with E-state index in [0.717, 1.165) is 17.8 Å². The first-order valence-electron chi connectivity index (χ1n) is 5.07. The van der Waals surface area contributed by atoms with E-state index in [1.54, 1.807) is 5.01 Å². The molecule has 0 aromatic heterocycles. The topological polar surface area (TPSA) is 39.5 Å². The summed E-state index contributed by atoms with van der Waals surface area (Å²) in [5, 5.41) is 13.8. The van der Waals surface area contributed by atoms with Crippen LogP contribution in [0, 0.1) is 5.41 Å². The van der Waals surface area contributed by atoms with Crippen molar-refractivity contribution in [2.45, 2.75) is 20.3 Å². The second kappa shape index (κ2) is 5.29. The summed E-state index contributed by atoms with van der Waals surface area (Å²) in [5.41, 5.74) is 2.38. The standard InChI is InChI=1S/C12H17N3/c1-4-12(13)10(2)14-15(3)11-8-6-5-7-9-11/h5-9,13H,4H2,1-3H3/b13-12?,14-10-. The van der Waals surface area contributed by atoms with Crippen molar-refractivity contribution in [2.75, 3.05) is 12.1 Å². The summed E-state index contributed by atoms with van der Waals surface area (Å²) in [6.07, 6.45) is 0.720. The molecule has 0 radical (unpaired) electrons. The molecule has 0 fully saturated rings. The zero-order chi connectivity index (χ0) is 11.3. The van der Waals surface area contributed by atoms with E-state index < -0.39 is 0 Å². The van der Waals surface area contributed by atoms with Crippen LogP contribution in [0.2, 0.25) is 0 Å². The first-order valence-corrected chi connectivity index (χ1v) is 5.07. The average molecular weight is 203 g/mol. The smallest absolute Gasteiger partial charge is 0.0785 e. The fourth-order valence-electron chi connectivity index (χ4n) is 1.24. The Hall–Kier alpha value is -1.64. The van der Waals surface area contributed by atoms with Crippen LogP contribution in [0.4, 0.5) is 5.69 Å². The Morgan fingerprint density at radius 1 is 1.33 bits per heavy atom. The second-order valence-corrected chi connectivity index (χ2v) is 3.38. The molecule has 0 aliphatic heterocycles. The van der Waals surface area contributed by atoms with Crippen molar-refractivity contribution in [3.63, 3.8) is 0 Å². The highest BCUT2D eigenvalue weighted by molar-refractivity contribution is 6.40. The van der Waals surface area contributed by atoms with Gasteiger partial charge >= 0.3 is 0 Å². The van der Waals surface area contributed by atoms with Crippen LogP contribution in [-0.4, -0.2) is 18.5 Å². The SMILES string of the molecule is CCC(=N)/C(C)=N\N(C)c1ccccc1. The van der Waals surface area contributed by atoms with Gasteiger partial charge in [0.25, 0.3) is 0 Å². The number of hydrogen-bond donors (Lipinski definition) is 1. The van der Waals surface area contributed by atoms with Crippen LogP contribution < -0.4 is 5.01 Å². The van der Waals surface area contributed by atoms with Gasteiger partial charge in [0, 0.05) is 7.05 Å². The summed E-state index contributed by atoms with van der Waals surface area (Å²) in [6.45, 7) is 3.83. The van der Waals surface area contributed by atoms with Crippen molar-refractivity contribution in [1.29, 1.82) is 5.41 Å². The summed E-state index contributed by atoms with van der Waals surface area (Å²) in [7, 11) is 1.89. The van der Waals surface area contributed by atoms with Gasteiger partial charge in [-0.25, -0.2) is 0 Å². The van der Waals surface area contributed by atoms with Crippen molar-refractivity contribution in [3.05, 3.63) is 30.3 Å². The third-order valence-corrected chi connectivity index (χ3v) is 2.22. The number of anilines is 1. The fourth-order valence-corrected chi connectivity index (χ4v) is 1.24. The van der Waals surface area contributed by atoms with Gasteiger partial charge in [0.2, 0.25) is 0 Å². The lowest BCUT2D eigenvalue weighted by atomic mass is 10.2. The molecule has 0 saturated heterocycles. The lowest BCUT2D eigenvalue weighted by molar-refractivity contribution is 1.02. The zero-order valence-corrected chi connectivity index (χ0v) is 9.49. The van der Waals surface area contributed by atoms with Gasteiger partial charge in [0.15, 0.2) is 0 Å². The molecule has 1 rings (SSSR count). The minimum absolute atomic E-state index is 0.581. The monoisotopic (exact) mass is 203 g/mol. The molecule has 0 aliphatic carbocycles. The van der Waals surface area contributed by atoms with Gasteiger partial charge in [0.1, 0.15) is 0 Å². The van der Waals surface area contributed by atoms with Gasteiger partial charge in [-0.05, 0) is 25.5 Å². The van der Waals surface area contributed by atoms with Crippen molar-refractivity contribution in [1.82, 2.24) is 0 Å². The molecule has 0 atom stereocenters. The third-order valence-electron chi connectivity index (χ3n) is 2.22. The minimum Gasteiger partial charge on any atom is -0.303 e. The Labute approximate surface area is 90.9 Å². The molecule has 0 aliphatic rings. The third kappa shape index (κ3) is 3.20. The Kier molecular flexibility index (Phi) is 4.03. The van der Waals surface area contributed by atoms with Crippen LogP contribution in [0.5, 0.6) is 0 Å². The molecule has 80 valence electrons. The highest BCUT2D eigenvalue weighted by atomic mass is 15.4. The highest BCUT2D eigenvalue weighted by Gasteiger charge is 2.01. The van der Waals surface area contributed by atoms with Crippen molar-refractivity contribution >= 4 is 17.1 Å². The highest BCUT2D eigenvalue weighted by Crippen LogP contribution is 2.11. The predicted molar refractivity (Wildman–Crippen MR) is 66.0 cm³/mol. The molecule has 15 heavy (non-hydrogen) atoms. The van der Waals surface area contributed by atoms with E-state index in [4.69, 9.17) is 5.41 Å². The van der Waals surface area contributed by atoms with Crippen molar-refractivity contribution in [3.8, 4) is 0 Å². The molecule has 1 N–H and O–H groups in total. The molecule has 0 saturated carbocycles. The molecule has 1 aromatic rings. The molecule has 1 aromatic carbocycles. The average Bonchev–Trinajstić information content (AvgIpc) is 2.29. The first-order chi connectivity index (χ1) is 7.15. The Bertz CT molecular complexity index is 354. The molecular formula is C12H17N3. The van der Waals surface area contributed by atoms with Crippen molar-refractivity contribution < 1.29 is 0 Å². The summed E-state index contributed by atoms with van der Waals surface area (Å²) in [5.74, 6) is 0. The lowest BCUT2D eigenvalue weighted by Crippen LogP contribution is -2.16. The van der Waals surface area contributed by atoms with E-state index in [1.165, 1.54) is 0 Å². The van der Waals surface area contributed by atoms with Gasteiger partial charge in [-0.3, -0.25) is 5.01 Å². The Morgan fingerprint density at radius 2 is 1.93 bits per heavy atom. The van der Waals surface area contributed by atoms with E-state index in [0.29, 0.717) is 5.71 Å². The number of rotatable bonds is 4. The summed E-state index contributed by atoms with van der Waals surface area (Å²) in [6, 6.07) is 9.91. The largest absolute Gasteiger partial charge is 0.303 e. The molecule has 0 unspecified atom stereocenters. The second-order valence-electron chi connectivity index (χ2n) is 3.38. The Morgan fingerprint density at radius 3 is 2.47 bits per heavy atom. The molecule has 3 heteroatoms. The molecule has 0 amide bonds. The number of hydrazone groups is 1. The van der Waals surface area contributed by atoms with Crippen LogP contribution >= 0.6 is 0 Å². The van der Waals surface area contributed by atoms with Crippen LogP contribution in [0.15, 0.2) is 35.4 Å². The molecule has 0 spiro atoms. The summed E-state index contributed by atoms with van der Waals surface area (Å²) >= 11 is 0. The normalized spacial score (nSPS) is 11.3. The van der Waals surface area contributed by atoms with E-state index in [9.17, 15) is 0 Å². The first kappa shape index (κ1) is 11.4. The fraction of sp³-hybridized carbons (Fsp3) is 0.333. The lowest BCUT2D eigenvalue weighted by Gasteiger charge is -2.14. The van der Waals surface area contributed by atoms with E-state index in [-0.39, 0.29) is 0 Å². The maximum atomic E-state index is 7.64. The maximum Gasteiger partial charge on any atom is 0.0785 e. The quantitative estimate of drug-likeness (QED) is 0.593. The summed E-state index contributed by atoms with van der Waals surface area (Å²) in [4.78, 5) is 0. The molecule has 0 bridgehead atoms. The van der Waals surface area contributed by atoms with E-state index in [1.807, 2.05) is 51.2 Å². The Balaban J connectivity index is 2.79. The van der Waals surface area contributed by atoms with Gasteiger partial charge in [0.05, 0.1) is 17.1 Å². The molecular weight excluding hydrogens is 186 g/mol. The van der Waals surface area contributed by atoms with Crippen LogP contribution in [-0.2, 0) is 0 Å². The van der Waals surface area contributed by atoms with Crippen LogP contribution in [0.1, 0.15) is 20.3 Å². The number of hydrogen-bond acceptors (Lipinski definition) is 3. The van der Waals surface area contributed by atoms with Gasteiger partial charge < -0.3 is 5.41 Å². The van der Waals surface area contributed by atoms with Gasteiger partial charge in [-0.2, -0.15) is 5.10 Å². The van der Waals surface area contributed by atoms with Crippen molar-refractivity contribution in [2.24, 2.45) is 5.10 Å². The van der Waals surface area contributed by atoms with Gasteiger partial charge in [-0.1, -0.05) is 25.1 Å². The van der Waals surface area contributed by atoms with Crippen LogP contribution in [0.3, 0.4) is 0 Å². The molecule has 0 heterocycles. The number of para-hydroxylation sites is 1. The summed E-state index contributed by atoms with van der Waals surface area (Å²) < 4.78 is 0. The zero-order valence-electron chi connectivity index (χ0n) is 9.49. The number of nitrogens with zero attached hydrogens (tertiary/aromatic N) is 2. The van der Waals surface area contributed by atoms with E-state index in [2.05, 4.69) is 5.10 Å². The van der Waals surface area contributed by atoms with E-state index >= 15 is 0 Å². The molecule has 3 nitrogen and oxygen atoms in total. The maximum absolute atomic E-state index is 7.64. The number of benzene rings is 1. The van der Waals surface area contributed by atoms with Crippen LogP contribution in [0.25, 0.3) is 0 Å². The minimum atomic E-state index is 0.581. The predicted octanol–water partition coefficient (Wildman–Crippen LogP) is 2.93. The van der Waals surface area contributed by atoms with Gasteiger partial charge in [-0.15, -0.1) is 0 Å². The number of nitrogens with one attached hydrogen (secondary N) is 1.